The molecule has 0 unspecified atom stereocenters. The van der Waals surface area contributed by atoms with Crippen LogP contribution in [0.4, 0.5) is 11.5 Å². The van der Waals surface area contributed by atoms with Gasteiger partial charge in [-0.05, 0) is 35.9 Å². The molecule has 1 amide bonds. The molecule has 3 heterocycles. The van der Waals surface area contributed by atoms with Gasteiger partial charge in [0.05, 0.1) is 0 Å². The fourth-order valence-electron chi connectivity index (χ4n) is 2.70. The van der Waals surface area contributed by atoms with Gasteiger partial charge in [-0.3, -0.25) is 9.78 Å². The number of carbonyl (C=O) groups is 1. The Morgan fingerprint density at radius 3 is 2.78 bits per heavy atom. The quantitative estimate of drug-likeness (QED) is 0.726. The Morgan fingerprint density at radius 1 is 1.04 bits per heavy atom. The molecular formula is C20H18N4O3. The van der Waals surface area contributed by atoms with Gasteiger partial charge in [0.25, 0.3) is 5.91 Å². The van der Waals surface area contributed by atoms with E-state index in [0.717, 1.165) is 17.0 Å². The molecule has 3 aromatic rings. The smallest absolute Gasteiger partial charge is 0.251 e. The number of anilines is 2. The highest BCUT2D eigenvalue weighted by molar-refractivity contribution is 5.94. The van der Waals surface area contributed by atoms with Crippen LogP contribution >= 0.6 is 0 Å². The molecule has 0 spiro atoms. The van der Waals surface area contributed by atoms with Crippen molar-refractivity contribution >= 4 is 17.4 Å². The predicted molar refractivity (Wildman–Crippen MR) is 100 cm³/mol. The van der Waals surface area contributed by atoms with E-state index in [-0.39, 0.29) is 5.91 Å². The van der Waals surface area contributed by atoms with Crippen molar-refractivity contribution in [3.8, 4) is 11.5 Å². The Bertz CT molecular complexity index is 947. The van der Waals surface area contributed by atoms with Crippen LogP contribution in [0.2, 0.25) is 0 Å². The van der Waals surface area contributed by atoms with E-state index in [1.165, 1.54) is 0 Å². The number of hydrogen-bond acceptors (Lipinski definition) is 6. The van der Waals surface area contributed by atoms with Gasteiger partial charge in [-0.1, -0.05) is 6.07 Å². The lowest BCUT2D eigenvalue weighted by Crippen LogP contribution is -2.23. The van der Waals surface area contributed by atoms with E-state index in [0.29, 0.717) is 36.9 Å². The number of aromatic nitrogens is 2. The largest absolute Gasteiger partial charge is 0.486 e. The molecule has 1 aliphatic heterocycles. The molecule has 7 heteroatoms. The summed E-state index contributed by atoms with van der Waals surface area (Å²) in [4.78, 5) is 20.7. The van der Waals surface area contributed by atoms with Crippen molar-refractivity contribution < 1.29 is 14.3 Å². The Labute approximate surface area is 156 Å². The van der Waals surface area contributed by atoms with E-state index in [1.807, 2.05) is 30.3 Å². The van der Waals surface area contributed by atoms with Crippen LogP contribution in [0, 0.1) is 0 Å². The van der Waals surface area contributed by atoms with Crippen molar-refractivity contribution in [2.75, 3.05) is 18.5 Å². The third kappa shape index (κ3) is 4.14. The minimum Gasteiger partial charge on any atom is -0.486 e. The number of fused-ring (bicyclic) bond motifs is 1. The molecule has 7 nitrogen and oxygen atoms in total. The maximum atomic E-state index is 12.4. The first kappa shape index (κ1) is 16.8. The number of nitrogens with zero attached hydrogens (tertiary/aromatic N) is 2. The van der Waals surface area contributed by atoms with Crippen LogP contribution < -0.4 is 20.1 Å². The molecule has 0 atom stereocenters. The molecule has 136 valence electrons. The second-order valence-corrected chi connectivity index (χ2v) is 5.96. The van der Waals surface area contributed by atoms with Gasteiger partial charge >= 0.3 is 0 Å². The lowest BCUT2D eigenvalue weighted by atomic mass is 10.2. The molecule has 0 radical (unpaired) electrons. The number of hydrogen-bond donors (Lipinski definition) is 2. The van der Waals surface area contributed by atoms with Crippen molar-refractivity contribution in [2.45, 2.75) is 6.54 Å². The first-order chi connectivity index (χ1) is 13.3. The van der Waals surface area contributed by atoms with E-state index in [1.54, 1.807) is 30.7 Å². The van der Waals surface area contributed by atoms with E-state index >= 15 is 0 Å². The Hall–Kier alpha value is -3.61. The molecule has 2 N–H and O–H groups in total. The molecule has 0 fully saturated rings. The summed E-state index contributed by atoms with van der Waals surface area (Å²) in [6.45, 7) is 1.50. The topological polar surface area (TPSA) is 85.4 Å². The Kier molecular flexibility index (Phi) is 4.82. The van der Waals surface area contributed by atoms with E-state index in [2.05, 4.69) is 20.6 Å². The molecule has 0 aliphatic carbocycles. The molecule has 1 aromatic carbocycles. The maximum absolute atomic E-state index is 12.4. The molecule has 2 aromatic heterocycles. The monoisotopic (exact) mass is 362 g/mol. The van der Waals surface area contributed by atoms with Crippen LogP contribution in [0.25, 0.3) is 0 Å². The van der Waals surface area contributed by atoms with Gasteiger partial charge in [0, 0.05) is 42.5 Å². The van der Waals surface area contributed by atoms with Crippen molar-refractivity contribution in [3.63, 3.8) is 0 Å². The number of amides is 1. The van der Waals surface area contributed by atoms with Crippen LogP contribution in [0.5, 0.6) is 11.5 Å². The molecular weight excluding hydrogens is 344 g/mol. The van der Waals surface area contributed by atoms with Crippen LogP contribution in [0.1, 0.15) is 15.9 Å². The summed E-state index contributed by atoms with van der Waals surface area (Å²) in [5.74, 6) is 1.81. The zero-order valence-electron chi connectivity index (χ0n) is 14.5. The highest BCUT2D eigenvalue weighted by Crippen LogP contribution is 2.33. The highest BCUT2D eigenvalue weighted by Gasteiger charge is 2.12. The van der Waals surface area contributed by atoms with Crippen LogP contribution in [0.15, 0.2) is 61.1 Å². The first-order valence-electron chi connectivity index (χ1n) is 8.58. The first-order valence-corrected chi connectivity index (χ1v) is 8.58. The molecule has 0 saturated heterocycles. The Morgan fingerprint density at radius 2 is 1.93 bits per heavy atom. The number of benzene rings is 1. The van der Waals surface area contributed by atoms with Gasteiger partial charge < -0.3 is 20.1 Å². The normalized spacial score (nSPS) is 12.3. The predicted octanol–water partition coefficient (Wildman–Crippen LogP) is 2.92. The molecule has 27 heavy (non-hydrogen) atoms. The van der Waals surface area contributed by atoms with Gasteiger partial charge in [0.2, 0.25) is 0 Å². The number of ether oxygens (including phenoxy) is 2. The van der Waals surface area contributed by atoms with E-state index < -0.39 is 0 Å². The molecule has 4 rings (SSSR count). The van der Waals surface area contributed by atoms with Gasteiger partial charge in [-0.15, -0.1) is 0 Å². The highest BCUT2D eigenvalue weighted by atomic mass is 16.6. The van der Waals surface area contributed by atoms with Crippen molar-refractivity contribution in [2.24, 2.45) is 0 Å². The van der Waals surface area contributed by atoms with Gasteiger partial charge in [-0.2, -0.15) is 0 Å². The zero-order valence-corrected chi connectivity index (χ0v) is 14.5. The number of nitrogens with one attached hydrogen (secondary N) is 2. The van der Waals surface area contributed by atoms with E-state index in [9.17, 15) is 4.79 Å². The number of rotatable bonds is 5. The fraction of sp³-hybridized carbons (Fsp3) is 0.150. The third-order valence-electron chi connectivity index (χ3n) is 4.01. The number of carbonyl (C=O) groups excluding carboxylic acids is 1. The molecule has 0 saturated carbocycles. The summed E-state index contributed by atoms with van der Waals surface area (Å²) in [5.41, 5.74) is 2.27. The summed E-state index contributed by atoms with van der Waals surface area (Å²) in [5, 5.41) is 6.06. The number of pyridine rings is 2. The van der Waals surface area contributed by atoms with Crippen molar-refractivity contribution in [1.29, 1.82) is 0 Å². The minimum atomic E-state index is -0.175. The average Bonchev–Trinajstić information content (AvgIpc) is 2.73. The van der Waals surface area contributed by atoms with Crippen molar-refractivity contribution in [1.82, 2.24) is 15.3 Å². The minimum absolute atomic E-state index is 0.175. The summed E-state index contributed by atoms with van der Waals surface area (Å²) in [7, 11) is 0. The Balaban J connectivity index is 1.43. The second-order valence-electron chi connectivity index (χ2n) is 5.96. The zero-order chi connectivity index (χ0) is 18.5. The maximum Gasteiger partial charge on any atom is 0.251 e. The summed E-state index contributed by atoms with van der Waals surface area (Å²) in [6.07, 6.45) is 5.02. The van der Waals surface area contributed by atoms with Crippen LogP contribution in [-0.4, -0.2) is 29.1 Å². The average molecular weight is 362 g/mol. The molecule has 1 aliphatic rings. The van der Waals surface area contributed by atoms with Crippen LogP contribution in [-0.2, 0) is 6.54 Å². The van der Waals surface area contributed by atoms with E-state index in [4.69, 9.17) is 9.47 Å². The van der Waals surface area contributed by atoms with Gasteiger partial charge in [-0.25, -0.2) is 4.98 Å². The third-order valence-corrected chi connectivity index (χ3v) is 4.01. The molecule has 0 bridgehead atoms. The fourth-order valence-corrected chi connectivity index (χ4v) is 2.70. The van der Waals surface area contributed by atoms with Gasteiger partial charge in [0.1, 0.15) is 19.0 Å². The summed E-state index contributed by atoms with van der Waals surface area (Å²) >= 11 is 0. The van der Waals surface area contributed by atoms with Crippen LogP contribution in [0.3, 0.4) is 0 Å². The summed E-state index contributed by atoms with van der Waals surface area (Å²) < 4.78 is 11.1. The standard InChI is InChI=1S/C20H18N4O3/c25-20(23-13-14-2-1-6-21-12-14)15-5-7-22-19(10-15)24-16-3-4-17-18(11-16)27-9-8-26-17/h1-7,10-12H,8-9,13H2,(H,22,24)(H,23,25). The lowest BCUT2D eigenvalue weighted by Gasteiger charge is -2.19. The summed E-state index contributed by atoms with van der Waals surface area (Å²) in [6, 6.07) is 12.7. The second kappa shape index (κ2) is 7.74. The SMILES string of the molecule is O=C(NCc1cccnc1)c1ccnc(Nc2ccc3c(c2)OCCO3)c1. The lowest BCUT2D eigenvalue weighted by molar-refractivity contribution is 0.0951. The van der Waals surface area contributed by atoms with Crippen molar-refractivity contribution in [3.05, 3.63) is 72.2 Å². The van der Waals surface area contributed by atoms with Gasteiger partial charge in [0.15, 0.2) is 11.5 Å².